The molecule has 0 unspecified atom stereocenters. The summed E-state index contributed by atoms with van der Waals surface area (Å²) >= 11 is 0. The number of benzene rings is 3. The van der Waals surface area contributed by atoms with Crippen LogP contribution in [0.1, 0.15) is 21.5 Å². The predicted molar refractivity (Wildman–Crippen MR) is 118 cm³/mol. The summed E-state index contributed by atoms with van der Waals surface area (Å²) in [6, 6.07) is 29.2. The van der Waals surface area contributed by atoms with Crippen molar-refractivity contribution in [3.63, 3.8) is 0 Å². The number of esters is 1. The van der Waals surface area contributed by atoms with Crippen molar-refractivity contribution in [2.45, 2.75) is 13.1 Å². The van der Waals surface area contributed by atoms with Crippen molar-refractivity contribution in [1.29, 1.82) is 0 Å². The number of allylic oxidation sites excluding steroid dienone is 1. The second-order valence-corrected chi connectivity index (χ2v) is 6.91. The molecule has 0 fully saturated rings. The number of hydrogen-bond donors (Lipinski definition) is 0. The summed E-state index contributed by atoms with van der Waals surface area (Å²) in [5, 5.41) is 0. The summed E-state index contributed by atoms with van der Waals surface area (Å²) in [6.45, 7) is 2.36. The SMILES string of the molecule is O=C(/C=C/C(=O)c1ccccc1)OCCN(Cc1ccccc1)Cc1ccccc1. The van der Waals surface area contributed by atoms with E-state index in [-0.39, 0.29) is 12.4 Å². The molecule has 0 aliphatic carbocycles. The Bertz CT molecular complexity index is 912. The van der Waals surface area contributed by atoms with Crippen LogP contribution in [-0.2, 0) is 22.6 Å². The maximum absolute atomic E-state index is 12.0. The minimum Gasteiger partial charge on any atom is -0.461 e. The van der Waals surface area contributed by atoms with E-state index < -0.39 is 5.97 Å². The van der Waals surface area contributed by atoms with Crippen LogP contribution >= 0.6 is 0 Å². The number of carbonyl (C=O) groups excluding carboxylic acids is 2. The third-order valence-corrected chi connectivity index (χ3v) is 4.58. The maximum Gasteiger partial charge on any atom is 0.330 e. The Hall–Kier alpha value is -3.50. The first-order valence-corrected chi connectivity index (χ1v) is 9.95. The van der Waals surface area contributed by atoms with Gasteiger partial charge in [0.1, 0.15) is 6.61 Å². The molecule has 0 aromatic heterocycles. The fraction of sp³-hybridized carbons (Fsp3) is 0.154. The lowest BCUT2D eigenvalue weighted by atomic mass is 10.1. The van der Waals surface area contributed by atoms with Gasteiger partial charge in [-0.3, -0.25) is 9.69 Å². The van der Waals surface area contributed by atoms with Crippen LogP contribution in [0.25, 0.3) is 0 Å². The van der Waals surface area contributed by atoms with Gasteiger partial charge in [-0.1, -0.05) is 91.0 Å². The van der Waals surface area contributed by atoms with Gasteiger partial charge in [0.2, 0.25) is 0 Å². The molecule has 0 spiro atoms. The highest BCUT2D eigenvalue weighted by Gasteiger charge is 2.09. The van der Waals surface area contributed by atoms with Crippen molar-refractivity contribution in [3.8, 4) is 0 Å². The molecule has 0 heterocycles. The third-order valence-electron chi connectivity index (χ3n) is 4.58. The van der Waals surface area contributed by atoms with E-state index >= 15 is 0 Å². The summed E-state index contributed by atoms with van der Waals surface area (Å²) in [5.41, 5.74) is 2.94. The van der Waals surface area contributed by atoms with Crippen molar-refractivity contribution in [1.82, 2.24) is 4.90 Å². The van der Waals surface area contributed by atoms with Crippen molar-refractivity contribution in [2.24, 2.45) is 0 Å². The van der Waals surface area contributed by atoms with E-state index in [1.807, 2.05) is 42.5 Å². The normalized spacial score (nSPS) is 11.0. The zero-order valence-corrected chi connectivity index (χ0v) is 16.8. The van der Waals surface area contributed by atoms with Crippen LogP contribution < -0.4 is 0 Å². The van der Waals surface area contributed by atoms with Gasteiger partial charge in [0.05, 0.1) is 0 Å². The fourth-order valence-electron chi connectivity index (χ4n) is 3.06. The molecule has 0 atom stereocenters. The average molecular weight is 399 g/mol. The zero-order valence-electron chi connectivity index (χ0n) is 16.8. The van der Waals surface area contributed by atoms with Crippen LogP contribution in [0.3, 0.4) is 0 Å². The lowest BCUT2D eigenvalue weighted by Gasteiger charge is -2.22. The fourth-order valence-corrected chi connectivity index (χ4v) is 3.06. The number of ketones is 1. The molecule has 0 aliphatic heterocycles. The average Bonchev–Trinajstić information content (AvgIpc) is 2.79. The minimum atomic E-state index is -0.515. The molecular formula is C26H25NO3. The van der Waals surface area contributed by atoms with Crippen molar-refractivity contribution in [2.75, 3.05) is 13.2 Å². The standard InChI is InChI=1S/C26H25NO3/c28-25(24-14-8-3-9-15-24)16-17-26(29)30-19-18-27(20-22-10-4-1-5-11-22)21-23-12-6-2-7-13-23/h1-17H,18-21H2/b17-16+. The van der Waals surface area contributed by atoms with Crippen LogP contribution in [0.5, 0.6) is 0 Å². The molecule has 0 bridgehead atoms. The Morgan fingerprint density at radius 2 is 1.20 bits per heavy atom. The molecule has 0 saturated carbocycles. The Morgan fingerprint density at radius 1 is 0.700 bits per heavy atom. The van der Waals surface area contributed by atoms with E-state index in [1.165, 1.54) is 23.3 Å². The lowest BCUT2D eigenvalue weighted by Crippen LogP contribution is -2.27. The topological polar surface area (TPSA) is 46.6 Å². The smallest absolute Gasteiger partial charge is 0.330 e. The molecule has 3 aromatic carbocycles. The van der Waals surface area contributed by atoms with Gasteiger partial charge < -0.3 is 4.74 Å². The minimum absolute atomic E-state index is 0.220. The highest BCUT2D eigenvalue weighted by molar-refractivity contribution is 6.06. The van der Waals surface area contributed by atoms with Gasteiger partial charge in [-0.05, 0) is 17.2 Å². The van der Waals surface area contributed by atoms with Gasteiger partial charge in [-0.25, -0.2) is 4.79 Å². The summed E-state index contributed by atoms with van der Waals surface area (Å²) in [7, 11) is 0. The van der Waals surface area contributed by atoms with Gasteiger partial charge in [0, 0.05) is 31.3 Å². The van der Waals surface area contributed by atoms with Gasteiger partial charge in [-0.15, -0.1) is 0 Å². The molecule has 4 nitrogen and oxygen atoms in total. The monoisotopic (exact) mass is 399 g/mol. The largest absolute Gasteiger partial charge is 0.461 e. The van der Waals surface area contributed by atoms with Crippen LogP contribution in [0.15, 0.2) is 103 Å². The van der Waals surface area contributed by atoms with Crippen molar-refractivity contribution >= 4 is 11.8 Å². The zero-order chi connectivity index (χ0) is 21.0. The number of carbonyl (C=O) groups is 2. The molecule has 0 N–H and O–H groups in total. The van der Waals surface area contributed by atoms with E-state index in [9.17, 15) is 9.59 Å². The summed E-state index contributed by atoms with van der Waals surface area (Å²) in [4.78, 5) is 26.3. The Morgan fingerprint density at radius 3 is 1.73 bits per heavy atom. The Balaban J connectivity index is 1.52. The molecule has 3 aromatic rings. The first-order valence-electron chi connectivity index (χ1n) is 9.95. The highest BCUT2D eigenvalue weighted by Crippen LogP contribution is 2.10. The third kappa shape index (κ3) is 7.15. The van der Waals surface area contributed by atoms with Gasteiger partial charge in [-0.2, -0.15) is 0 Å². The van der Waals surface area contributed by atoms with Crippen LogP contribution in [0, 0.1) is 0 Å². The number of ether oxygens (including phenoxy) is 1. The molecule has 0 amide bonds. The van der Waals surface area contributed by atoms with Gasteiger partial charge in [0.15, 0.2) is 5.78 Å². The quantitative estimate of drug-likeness (QED) is 0.282. The first-order chi connectivity index (χ1) is 14.7. The van der Waals surface area contributed by atoms with Crippen LogP contribution in [0.2, 0.25) is 0 Å². The highest BCUT2D eigenvalue weighted by atomic mass is 16.5. The lowest BCUT2D eigenvalue weighted by molar-refractivity contribution is -0.138. The summed E-state index contributed by atoms with van der Waals surface area (Å²) in [6.07, 6.45) is 2.44. The van der Waals surface area contributed by atoms with E-state index in [2.05, 4.69) is 29.2 Å². The molecule has 0 aliphatic rings. The summed E-state index contributed by atoms with van der Waals surface area (Å²) in [5.74, 6) is -0.735. The summed E-state index contributed by atoms with van der Waals surface area (Å²) < 4.78 is 5.31. The molecule has 0 saturated heterocycles. The van der Waals surface area contributed by atoms with Crippen LogP contribution in [-0.4, -0.2) is 29.8 Å². The van der Waals surface area contributed by atoms with E-state index in [4.69, 9.17) is 4.74 Å². The molecule has 0 radical (unpaired) electrons. The number of hydrogen-bond acceptors (Lipinski definition) is 4. The molecule has 152 valence electrons. The van der Waals surface area contributed by atoms with Crippen molar-refractivity contribution in [3.05, 3.63) is 120 Å². The Kier molecular flexibility index (Phi) is 8.12. The molecule has 3 rings (SSSR count). The molecule has 30 heavy (non-hydrogen) atoms. The van der Waals surface area contributed by atoms with E-state index in [0.717, 1.165) is 13.1 Å². The number of rotatable bonds is 10. The predicted octanol–water partition coefficient (Wildman–Crippen LogP) is 4.67. The van der Waals surface area contributed by atoms with E-state index in [1.54, 1.807) is 24.3 Å². The second-order valence-electron chi connectivity index (χ2n) is 6.91. The second kappa shape index (κ2) is 11.5. The first kappa shape index (κ1) is 21.2. The van der Waals surface area contributed by atoms with Gasteiger partial charge in [0.25, 0.3) is 0 Å². The molecule has 4 heteroatoms. The number of nitrogens with zero attached hydrogens (tertiary/aromatic N) is 1. The van der Waals surface area contributed by atoms with E-state index in [0.29, 0.717) is 12.1 Å². The maximum atomic E-state index is 12.0. The van der Waals surface area contributed by atoms with Crippen molar-refractivity contribution < 1.29 is 14.3 Å². The van der Waals surface area contributed by atoms with Gasteiger partial charge >= 0.3 is 5.97 Å². The molecular weight excluding hydrogens is 374 g/mol. The Labute approximate surface area is 177 Å². The van der Waals surface area contributed by atoms with Crippen LogP contribution in [0.4, 0.5) is 0 Å².